The van der Waals surface area contributed by atoms with E-state index in [9.17, 15) is 20.6 Å². The van der Waals surface area contributed by atoms with E-state index in [1.54, 1.807) is 48.5 Å². The van der Waals surface area contributed by atoms with E-state index in [1.165, 1.54) is 0 Å². The van der Waals surface area contributed by atoms with Crippen LogP contribution in [0, 0.1) is 45.3 Å². The molecular weight excluding hydrogens is 527 g/mol. The van der Waals surface area contributed by atoms with Gasteiger partial charge in [-0.25, -0.2) is 0 Å². The molecule has 1 aliphatic carbocycles. The maximum atomic E-state index is 12.7. The topological polar surface area (TPSA) is 116 Å². The monoisotopic (exact) mass is 546 g/mol. The lowest BCUT2D eigenvalue weighted by molar-refractivity contribution is 0.0976. The van der Waals surface area contributed by atoms with Gasteiger partial charge in [0, 0.05) is 40.5 Å². The molecule has 0 bridgehead atoms. The van der Waals surface area contributed by atoms with Crippen LogP contribution in [0.1, 0.15) is 21.8 Å². The highest BCUT2D eigenvalue weighted by molar-refractivity contribution is 7.80. The van der Waals surface area contributed by atoms with Crippen LogP contribution < -0.4 is 10.6 Å². The fraction of sp³-hybridized carbons (Fsp3) is 0.222. The van der Waals surface area contributed by atoms with Gasteiger partial charge in [-0.15, -0.1) is 0 Å². The Balaban J connectivity index is 1.86. The first-order chi connectivity index (χ1) is 17.7. The van der Waals surface area contributed by atoms with Crippen molar-refractivity contribution in [2.75, 3.05) is 20.1 Å². The molecule has 2 atom stereocenters. The molecule has 2 aromatic carbocycles. The van der Waals surface area contributed by atoms with Crippen molar-refractivity contribution in [3.05, 3.63) is 92.6 Å². The zero-order valence-corrected chi connectivity index (χ0v) is 22.0. The maximum absolute atomic E-state index is 12.7. The number of halogens is 2. The van der Waals surface area contributed by atoms with Crippen molar-refractivity contribution < 1.29 is 4.79 Å². The number of carbonyl (C=O) groups excluding carboxylic acids is 1. The largest absolute Gasteiger partial charge is 0.332 e. The normalized spacial score (nSPS) is 20.4. The zero-order chi connectivity index (χ0) is 26.7. The molecule has 2 aromatic rings. The van der Waals surface area contributed by atoms with Gasteiger partial charge in [0.1, 0.15) is 6.07 Å². The number of nitrogens with zero attached hydrogens (tertiary/aromatic N) is 4. The van der Waals surface area contributed by atoms with Crippen LogP contribution in [0.15, 0.2) is 71.5 Å². The van der Waals surface area contributed by atoms with Gasteiger partial charge >= 0.3 is 0 Å². The summed E-state index contributed by atoms with van der Waals surface area (Å²) in [6.45, 7) is 1.07. The lowest BCUT2D eigenvalue weighted by Crippen LogP contribution is -2.51. The number of hydrogen-bond donors (Lipinski definition) is 2. The van der Waals surface area contributed by atoms with Gasteiger partial charge in [-0.05, 0) is 54.7 Å². The molecule has 0 saturated heterocycles. The van der Waals surface area contributed by atoms with Gasteiger partial charge in [0.2, 0.25) is 0 Å². The van der Waals surface area contributed by atoms with Crippen molar-refractivity contribution in [1.29, 1.82) is 15.8 Å². The van der Waals surface area contributed by atoms with Gasteiger partial charge in [-0.1, -0.05) is 53.5 Å². The first-order valence-corrected chi connectivity index (χ1v) is 12.4. The average Bonchev–Trinajstić information content (AvgIpc) is 2.89. The molecule has 0 radical (unpaired) electrons. The lowest BCUT2D eigenvalue weighted by Gasteiger charge is -2.46. The average molecular weight is 547 g/mol. The summed E-state index contributed by atoms with van der Waals surface area (Å²) >= 11 is 18.2. The zero-order valence-electron chi connectivity index (χ0n) is 19.6. The van der Waals surface area contributed by atoms with E-state index < -0.39 is 17.2 Å². The Hall–Kier alpha value is -3.71. The van der Waals surface area contributed by atoms with Crippen molar-refractivity contribution in [2.24, 2.45) is 11.3 Å². The fourth-order valence-corrected chi connectivity index (χ4v) is 5.68. The van der Waals surface area contributed by atoms with Crippen LogP contribution in [0.25, 0.3) is 0 Å². The lowest BCUT2D eigenvalue weighted by atomic mass is 9.58. The molecule has 0 fully saturated rings. The number of benzene rings is 2. The first kappa shape index (κ1) is 26.4. The van der Waals surface area contributed by atoms with E-state index >= 15 is 0 Å². The summed E-state index contributed by atoms with van der Waals surface area (Å²) < 4.78 is 0. The Labute approximate surface area is 230 Å². The van der Waals surface area contributed by atoms with E-state index in [0.717, 1.165) is 0 Å². The third kappa shape index (κ3) is 4.83. The van der Waals surface area contributed by atoms with E-state index in [-0.39, 0.29) is 22.3 Å². The van der Waals surface area contributed by atoms with Crippen molar-refractivity contribution >= 4 is 46.4 Å². The minimum absolute atomic E-state index is 0.0152. The summed E-state index contributed by atoms with van der Waals surface area (Å²) in [6.07, 6.45) is 1.91. The molecule has 2 N–H and O–H groups in total. The molecule has 0 saturated carbocycles. The Bertz CT molecular complexity index is 1450. The number of rotatable bonds is 3. The molecule has 1 aliphatic heterocycles. The fourth-order valence-electron chi connectivity index (χ4n) is 4.96. The van der Waals surface area contributed by atoms with Gasteiger partial charge in [0.15, 0.2) is 10.5 Å². The molecule has 2 unspecified atom stereocenters. The first-order valence-electron chi connectivity index (χ1n) is 11.2. The highest BCUT2D eigenvalue weighted by atomic mass is 35.5. The Morgan fingerprint density at radius 3 is 2.46 bits per heavy atom. The maximum Gasteiger partial charge on any atom is 0.257 e. The van der Waals surface area contributed by atoms with Crippen LogP contribution in [0.4, 0.5) is 0 Å². The molecule has 37 heavy (non-hydrogen) atoms. The smallest absolute Gasteiger partial charge is 0.257 e. The van der Waals surface area contributed by atoms with Gasteiger partial charge in [0.25, 0.3) is 5.91 Å². The molecule has 0 spiro atoms. The van der Waals surface area contributed by atoms with Gasteiger partial charge in [-0.2, -0.15) is 15.8 Å². The van der Waals surface area contributed by atoms with Crippen molar-refractivity contribution in [1.82, 2.24) is 15.5 Å². The molecule has 0 aromatic heterocycles. The van der Waals surface area contributed by atoms with Crippen LogP contribution in [-0.2, 0) is 0 Å². The van der Waals surface area contributed by atoms with Crippen molar-refractivity contribution in [3.8, 4) is 18.2 Å². The quantitative estimate of drug-likeness (QED) is 0.536. The van der Waals surface area contributed by atoms with E-state index in [1.807, 2.05) is 18.0 Å². The van der Waals surface area contributed by atoms with Gasteiger partial charge in [0.05, 0.1) is 23.4 Å². The van der Waals surface area contributed by atoms with E-state index in [0.29, 0.717) is 39.8 Å². The minimum atomic E-state index is -1.87. The summed E-state index contributed by atoms with van der Waals surface area (Å²) in [5, 5.41) is 37.3. The molecule has 184 valence electrons. The predicted molar refractivity (Wildman–Crippen MR) is 144 cm³/mol. The Kier molecular flexibility index (Phi) is 7.64. The third-order valence-electron chi connectivity index (χ3n) is 6.60. The molecule has 10 heteroatoms. The van der Waals surface area contributed by atoms with Crippen LogP contribution in [0.3, 0.4) is 0 Å². The summed E-state index contributed by atoms with van der Waals surface area (Å²) in [7, 11) is 1.92. The van der Waals surface area contributed by atoms with Gasteiger partial charge < -0.3 is 10.2 Å². The number of nitriles is 3. The second-order valence-corrected chi connectivity index (χ2v) is 10.1. The number of hydrogen-bond acceptors (Lipinski definition) is 6. The standard InChI is InChI=1S/C27H20Cl2N6OS/c1-35-10-9-18-20(12-30)24(33-26(37)34-25(36)16-5-3-2-4-6-16)27(14-31,15-32)23(21(18)13-35)19-8-7-17(28)11-22(19)29/h2-9,11,21,23H,10,13H2,1H3,(H2,33,34,36,37). The van der Waals surface area contributed by atoms with Crippen LogP contribution in [0.5, 0.6) is 0 Å². The Morgan fingerprint density at radius 1 is 1.14 bits per heavy atom. The van der Waals surface area contributed by atoms with Crippen molar-refractivity contribution in [3.63, 3.8) is 0 Å². The number of nitrogens with one attached hydrogen (secondary N) is 2. The van der Waals surface area contributed by atoms with Crippen LogP contribution >= 0.6 is 35.4 Å². The second kappa shape index (κ2) is 10.7. The molecule has 4 rings (SSSR count). The Morgan fingerprint density at radius 2 is 1.84 bits per heavy atom. The summed E-state index contributed by atoms with van der Waals surface area (Å²) in [5.41, 5.74) is -0.0846. The SMILES string of the molecule is CN1CC=C2C(C#N)=C(NC(=S)NC(=O)c3ccccc3)C(C#N)(C#N)C(c3ccc(Cl)cc3Cl)C2C1. The highest BCUT2D eigenvalue weighted by Crippen LogP contribution is 2.56. The van der Waals surface area contributed by atoms with E-state index in [4.69, 9.17) is 35.4 Å². The van der Waals surface area contributed by atoms with Gasteiger partial charge in [-0.3, -0.25) is 10.1 Å². The van der Waals surface area contributed by atoms with Crippen LogP contribution in [0.2, 0.25) is 10.0 Å². The summed E-state index contributed by atoms with van der Waals surface area (Å²) in [6, 6.07) is 19.9. The minimum Gasteiger partial charge on any atom is -0.332 e. The van der Waals surface area contributed by atoms with Crippen molar-refractivity contribution in [2.45, 2.75) is 5.92 Å². The predicted octanol–water partition coefficient (Wildman–Crippen LogP) is 4.69. The number of allylic oxidation sites excluding steroid dienone is 2. The molecular formula is C27H20Cl2N6OS. The molecule has 2 aliphatic rings. The molecule has 7 nitrogen and oxygen atoms in total. The van der Waals surface area contributed by atoms with E-state index in [2.05, 4.69) is 28.8 Å². The number of thiocarbonyl (C=S) groups is 1. The molecule has 1 heterocycles. The number of amides is 1. The van der Waals surface area contributed by atoms with Crippen LogP contribution in [-0.4, -0.2) is 36.1 Å². The summed E-state index contributed by atoms with van der Waals surface area (Å²) in [5.74, 6) is -1.61. The number of likely N-dealkylation sites (N-methyl/N-ethyl adjacent to an activating group) is 1. The second-order valence-electron chi connectivity index (χ2n) is 8.80. The number of carbonyl (C=O) groups is 1. The third-order valence-corrected chi connectivity index (χ3v) is 7.36. The highest BCUT2D eigenvalue weighted by Gasteiger charge is 2.56. The summed E-state index contributed by atoms with van der Waals surface area (Å²) in [4.78, 5) is 14.7. The number of fused-ring (bicyclic) bond motifs is 1. The molecule has 1 amide bonds.